The Morgan fingerprint density at radius 2 is 0.923 bits per heavy atom. The molecule has 1 saturated heterocycles. The Kier molecular flexibility index (Phi) is 39.0. The maximum Gasteiger partial charge on any atom is 0.306 e. The van der Waals surface area contributed by atoms with E-state index >= 15 is 0 Å². The van der Waals surface area contributed by atoms with E-state index in [0.717, 1.165) is 77.0 Å². The van der Waals surface area contributed by atoms with Gasteiger partial charge in [0.1, 0.15) is 36.8 Å². The van der Waals surface area contributed by atoms with E-state index in [1.165, 1.54) is 96.3 Å². The van der Waals surface area contributed by atoms with Gasteiger partial charge in [0.05, 0.1) is 6.61 Å². The van der Waals surface area contributed by atoms with Crippen molar-refractivity contribution in [3.8, 4) is 0 Å². The van der Waals surface area contributed by atoms with Crippen LogP contribution in [0.15, 0.2) is 48.6 Å². The molecule has 0 aliphatic carbocycles. The van der Waals surface area contributed by atoms with E-state index in [1.807, 2.05) is 0 Å². The highest BCUT2D eigenvalue weighted by atomic mass is 32.2. The highest BCUT2D eigenvalue weighted by Crippen LogP contribution is 2.24. The lowest BCUT2D eigenvalue weighted by Crippen LogP contribution is -2.60. The molecule has 1 aliphatic heterocycles. The van der Waals surface area contributed by atoms with Crippen molar-refractivity contribution >= 4 is 22.1 Å². The SMILES string of the molecule is CCCCC/C=C\C/C=C\C/C=C\CCCCCCCCC(=O)OC(COC(=O)CCCCCCCCC/C=C\CCCCCCCCC)COC1OC(CS(=O)(=O)O)C(O)C(O)C1O. The Morgan fingerprint density at radius 3 is 1.42 bits per heavy atom. The Morgan fingerprint density at radius 1 is 0.523 bits per heavy atom. The number of aliphatic hydroxyl groups excluding tert-OH is 3. The molecule has 0 aromatic carbocycles. The van der Waals surface area contributed by atoms with Crippen LogP contribution >= 0.6 is 0 Å². The van der Waals surface area contributed by atoms with Crippen LogP contribution in [0, 0.1) is 0 Å². The first-order valence-corrected chi connectivity index (χ1v) is 27.3. The molecular weight excluding hydrogens is 849 g/mol. The van der Waals surface area contributed by atoms with E-state index in [4.69, 9.17) is 18.9 Å². The average Bonchev–Trinajstić information content (AvgIpc) is 3.27. The van der Waals surface area contributed by atoms with Crippen LogP contribution in [0.25, 0.3) is 0 Å². The predicted octanol–water partition coefficient (Wildman–Crippen LogP) is 11.5. The lowest BCUT2D eigenvalue weighted by molar-refractivity contribution is -0.297. The van der Waals surface area contributed by atoms with Crippen LogP contribution in [0.3, 0.4) is 0 Å². The van der Waals surface area contributed by atoms with E-state index < -0.39 is 71.2 Å². The summed E-state index contributed by atoms with van der Waals surface area (Å²) in [5.74, 6) is -2.00. The summed E-state index contributed by atoms with van der Waals surface area (Å²) >= 11 is 0. The number of carbonyl (C=O) groups excluding carboxylic acids is 2. The standard InChI is InChI=1S/C52H92O12S/c1-3-5-7-9-11-13-15-17-19-21-23-25-27-29-31-33-35-37-39-41-48(54)63-45(43-62-52-51(57)50(56)49(55)46(64-52)44-65(58,59)60)42-61-47(53)40-38-36-34-32-30-28-26-24-22-20-18-16-14-12-10-8-6-4-2/h11,13,17,19-20,22-23,25,45-46,49-52,55-57H,3-10,12,14-16,18,21,24,26-44H2,1-2H3,(H,58,59,60)/b13-11-,19-17-,22-20-,25-23-. The molecule has 4 N–H and O–H groups in total. The molecule has 0 spiro atoms. The molecule has 1 aliphatic rings. The van der Waals surface area contributed by atoms with Crippen LogP contribution < -0.4 is 0 Å². The fourth-order valence-electron chi connectivity index (χ4n) is 7.62. The smallest absolute Gasteiger partial charge is 0.306 e. The predicted molar refractivity (Wildman–Crippen MR) is 261 cm³/mol. The summed E-state index contributed by atoms with van der Waals surface area (Å²) in [5, 5.41) is 31.0. The minimum Gasteiger partial charge on any atom is -0.462 e. The number of ether oxygens (including phenoxy) is 4. The molecule has 0 radical (unpaired) electrons. The van der Waals surface area contributed by atoms with Gasteiger partial charge in [-0.05, 0) is 77.0 Å². The largest absolute Gasteiger partial charge is 0.462 e. The second kappa shape index (κ2) is 41.8. The fourth-order valence-corrected chi connectivity index (χ4v) is 8.31. The molecule has 0 saturated carbocycles. The molecule has 0 bridgehead atoms. The molecule has 378 valence electrons. The number of rotatable bonds is 43. The van der Waals surface area contributed by atoms with Crippen molar-refractivity contribution in [3.05, 3.63) is 48.6 Å². The van der Waals surface area contributed by atoms with Crippen molar-refractivity contribution in [2.24, 2.45) is 0 Å². The molecule has 1 rings (SSSR count). The Hall–Kier alpha value is -2.39. The number of unbranched alkanes of at least 4 members (excludes halogenated alkanes) is 23. The highest BCUT2D eigenvalue weighted by molar-refractivity contribution is 7.85. The molecule has 65 heavy (non-hydrogen) atoms. The third kappa shape index (κ3) is 36.3. The Bertz CT molecular complexity index is 1380. The molecular formula is C52H92O12S. The molecule has 12 nitrogen and oxygen atoms in total. The maximum atomic E-state index is 12.9. The monoisotopic (exact) mass is 941 g/mol. The lowest BCUT2D eigenvalue weighted by Gasteiger charge is -2.40. The zero-order valence-corrected chi connectivity index (χ0v) is 41.4. The van der Waals surface area contributed by atoms with Gasteiger partial charge in [-0.25, -0.2) is 0 Å². The molecule has 13 heteroatoms. The third-order valence-corrected chi connectivity index (χ3v) is 12.4. The summed E-state index contributed by atoms with van der Waals surface area (Å²) in [5.41, 5.74) is 0. The first-order valence-electron chi connectivity index (χ1n) is 25.7. The maximum absolute atomic E-state index is 12.9. The summed E-state index contributed by atoms with van der Waals surface area (Å²) < 4.78 is 54.2. The van der Waals surface area contributed by atoms with Crippen molar-refractivity contribution in [1.82, 2.24) is 0 Å². The first-order chi connectivity index (χ1) is 31.5. The van der Waals surface area contributed by atoms with Gasteiger partial charge in [0.2, 0.25) is 0 Å². The number of aliphatic hydroxyl groups is 3. The number of esters is 2. The van der Waals surface area contributed by atoms with Crippen molar-refractivity contribution < 1.29 is 56.8 Å². The summed E-state index contributed by atoms with van der Waals surface area (Å²) in [6, 6.07) is 0. The van der Waals surface area contributed by atoms with E-state index in [-0.39, 0.29) is 19.4 Å². The number of hydrogen-bond acceptors (Lipinski definition) is 11. The van der Waals surface area contributed by atoms with Crippen LogP contribution in [-0.2, 0) is 38.7 Å². The molecule has 0 aromatic heterocycles. The van der Waals surface area contributed by atoms with Crippen LogP contribution in [-0.4, -0.2) is 96.0 Å². The topological polar surface area (TPSA) is 186 Å². The van der Waals surface area contributed by atoms with Gasteiger partial charge in [-0.1, -0.05) is 172 Å². The van der Waals surface area contributed by atoms with Crippen LogP contribution in [0.2, 0.25) is 0 Å². The molecule has 6 atom stereocenters. The first kappa shape index (κ1) is 60.6. The molecule has 0 amide bonds. The van der Waals surface area contributed by atoms with Crippen molar-refractivity contribution in [3.63, 3.8) is 0 Å². The van der Waals surface area contributed by atoms with Crippen LogP contribution in [0.1, 0.15) is 213 Å². The van der Waals surface area contributed by atoms with Crippen molar-refractivity contribution in [2.45, 2.75) is 250 Å². The average molecular weight is 941 g/mol. The Balaban J connectivity index is 2.40. The van der Waals surface area contributed by atoms with Gasteiger partial charge in [0.15, 0.2) is 12.4 Å². The minimum absolute atomic E-state index is 0.148. The summed E-state index contributed by atoms with van der Waals surface area (Å²) in [6.45, 7) is 3.74. The summed E-state index contributed by atoms with van der Waals surface area (Å²) in [6.07, 6.45) is 41.4. The molecule has 0 aromatic rings. The van der Waals surface area contributed by atoms with E-state index in [2.05, 4.69) is 62.5 Å². The Labute approximate surface area is 394 Å². The van der Waals surface area contributed by atoms with E-state index in [0.29, 0.717) is 12.8 Å². The molecule has 1 fully saturated rings. The van der Waals surface area contributed by atoms with Gasteiger partial charge >= 0.3 is 11.9 Å². The van der Waals surface area contributed by atoms with Crippen molar-refractivity contribution in [2.75, 3.05) is 19.0 Å². The van der Waals surface area contributed by atoms with Gasteiger partial charge in [0, 0.05) is 12.8 Å². The fraction of sp³-hybridized carbons (Fsp3) is 0.808. The number of hydrogen-bond donors (Lipinski definition) is 4. The quantitative estimate of drug-likeness (QED) is 0.0196. The highest BCUT2D eigenvalue weighted by Gasteiger charge is 2.46. The second-order valence-corrected chi connectivity index (χ2v) is 19.3. The third-order valence-electron chi connectivity index (χ3n) is 11.6. The van der Waals surface area contributed by atoms with E-state index in [9.17, 15) is 37.9 Å². The van der Waals surface area contributed by atoms with Crippen LogP contribution in [0.5, 0.6) is 0 Å². The molecule has 6 unspecified atom stereocenters. The van der Waals surface area contributed by atoms with Gasteiger partial charge in [-0.2, -0.15) is 8.42 Å². The summed E-state index contributed by atoms with van der Waals surface area (Å²) in [7, 11) is -4.61. The second-order valence-electron chi connectivity index (χ2n) is 17.8. The van der Waals surface area contributed by atoms with Gasteiger partial charge in [-0.15, -0.1) is 0 Å². The van der Waals surface area contributed by atoms with Gasteiger partial charge in [0.25, 0.3) is 10.1 Å². The zero-order valence-electron chi connectivity index (χ0n) is 40.6. The number of carbonyl (C=O) groups is 2. The molecule has 1 heterocycles. The lowest BCUT2D eigenvalue weighted by atomic mass is 10.00. The minimum atomic E-state index is -4.61. The van der Waals surface area contributed by atoms with Crippen LogP contribution in [0.4, 0.5) is 0 Å². The van der Waals surface area contributed by atoms with Crippen molar-refractivity contribution in [1.29, 1.82) is 0 Å². The number of allylic oxidation sites excluding steroid dienone is 8. The summed E-state index contributed by atoms with van der Waals surface area (Å²) in [4.78, 5) is 25.5. The van der Waals surface area contributed by atoms with E-state index in [1.54, 1.807) is 0 Å². The zero-order chi connectivity index (χ0) is 47.6. The van der Waals surface area contributed by atoms with Gasteiger partial charge in [-0.3, -0.25) is 14.1 Å². The van der Waals surface area contributed by atoms with Gasteiger partial charge < -0.3 is 34.3 Å². The normalized spacial score (nSPS) is 19.9.